The van der Waals surface area contributed by atoms with Crippen LogP contribution in [0.1, 0.15) is 24.3 Å². The van der Waals surface area contributed by atoms with E-state index in [1.807, 2.05) is 0 Å². The lowest BCUT2D eigenvalue weighted by Gasteiger charge is -2.36. The third-order valence-electron chi connectivity index (χ3n) is 3.08. The van der Waals surface area contributed by atoms with Gasteiger partial charge in [0.2, 0.25) is 0 Å². The molecule has 1 nitrogen and oxygen atoms in total. The van der Waals surface area contributed by atoms with Gasteiger partial charge in [0.1, 0.15) is 11.6 Å². The first-order chi connectivity index (χ1) is 6.72. The predicted molar refractivity (Wildman–Crippen MR) is 50.9 cm³/mol. The van der Waals surface area contributed by atoms with Gasteiger partial charge < -0.3 is 5.73 Å². The van der Waals surface area contributed by atoms with Crippen LogP contribution in [0.3, 0.4) is 0 Å². The molecule has 0 heterocycles. The van der Waals surface area contributed by atoms with E-state index in [4.69, 9.17) is 5.73 Å². The SMILES string of the molecule is NCC1CCC1c1ccc(F)cc1F. The molecule has 0 aromatic heterocycles. The van der Waals surface area contributed by atoms with E-state index >= 15 is 0 Å². The first kappa shape index (κ1) is 9.59. The maximum atomic E-state index is 13.4. The third kappa shape index (κ3) is 1.52. The van der Waals surface area contributed by atoms with Crippen LogP contribution in [-0.4, -0.2) is 6.54 Å². The van der Waals surface area contributed by atoms with Crippen LogP contribution in [0.15, 0.2) is 18.2 Å². The lowest BCUT2D eigenvalue weighted by molar-refractivity contribution is 0.257. The van der Waals surface area contributed by atoms with Crippen molar-refractivity contribution in [1.29, 1.82) is 0 Å². The summed E-state index contributed by atoms with van der Waals surface area (Å²) in [4.78, 5) is 0. The van der Waals surface area contributed by atoms with Crippen molar-refractivity contribution in [3.8, 4) is 0 Å². The van der Waals surface area contributed by atoms with Gasteiger partial charge in [0.05, 0.1) is 0 Å². The van der Waals surface area contributed by atoms with Gasteiger partial charge in [-0.05, 0) is 42.9 Å². The third-order valence-corrected chi connectivity index (χ3v) is 3.08. The first-order valence-corrected chi connectivity index (χ1v) is 4.87. The van der Waals surface area contributed by atoms with Crippen molar-refractivity contribution in [2.24, 2.45) is 11.7 Å². The van der Waals surface area contributed by atoms with Gasteiger partial charge in [-0.15, -0.1) is 0 Å². The molecule has 2 atom stereocenters. The number of rotatable bonds is 2. The number of benzene rings is 1. The smallest absolute Gasteiger partial charge is 0.129 e. The molecule has 0 radical (unpaired) electrons. The topological polar surface area (TPSA) is 26.0 Å². The van der Waals surface area contributed by atoms with Crippen molar-refractivity contribution in [2.75, 3.05) is 6.54 Å². The Morgan fingerprint density at radius 2 is 2.07 bits per heavy atom. The Hall–Kier alpha value is -0.960. The number of hydrogen-bond donors (Lipinski definition) is 1. The maximum absolute atomic E-state index is 13.4. The molecule has 76 valence electrons. The summed E-state index contributed by atoms with van der Waals surface area (Å²) in [5, 5.41) is 0. The van der Waals surface area contributed by atoms with E-state index in [0.29, 0.717) is 18.0 Å². The molecule has 0 aliphatic heterocycles. The highest BCUT2D eigenvalue weighted by molar-refractivity contribution is 5.25. The zero-order valence-electron chi connectivity index (χ0n) is 7.84. The largest absolute Gasteiger partial charge is 0.330 e. The minimum Gasteiger partial charge on any atom is -0.330 e. The van der Waals surface area contributed by atoms with E-state index < -0.39 is 11.6 Å². The molecule has 1 aromatic carbocycles. The average Bonchev–Trinajstić information content (AvgIpc) is 2.08. The molecule has 1 aliphatic rings. The summed E-state index contributed by atoms with van der Waals surface area (Å²) in [6, 6.07) is 3.79. The van der Waals surface area contributed by atoms with Crippen LogP contribution in [-0.2, 0) is 0 Å². The van der Waals surface area contributed by atoms with Crippen molar-refractivity contribution < 1.29 is 8.78 Å². The standard InChI is InChI=1S/C11H13F2N/c12-8-2-4-10(11(13)5-8)9-3-1-7(9)6-14/h2,4-5,7,9H,1,3,6,14H2. The van der Waals surface area contributed by atoms with Gasteiger partial charge in [-0.1, -0.05) is 6.07 Å². The summed E-state index contributed by atoms with van der Waals surface area (Å²) in [5.41, 5.74) is 6.16. The molecular weight excluding hydrogens is 184 g/mol. The second-order valence-electron chi connectivity index (χ2n) is 3.85. The zero-order chi connectivity index (χ0) is 10.1. The number of nitrogens with two attached hydrogens (primary N) is 1. The normalized spacial score (nSPS) is 25.9. The first-order valence-electron chi connectivity index (χ1n) is 4.87. The van der Waals surface area contributed by atoms with Gasteiger partial charge >= 0.3 is 0 Å². The fraction of sp³-hybridized carbons (Fsp3) is 0.455. The molecule has 0 saturated heterocycles. The molecule has 0 spiro atoms. The van der Waals surface area contributed by atoms with E-state index in [-0.39, 0.29) is 5.92 Å². The van der Waals surface area contributed by atoms with E-state index in [2.05, 4.69) is 0 Å². The van der Waals surface area contributed by atoms with Crippen LogP contribution in [0.4, 0.5) is 8.78 Å². The Bertz CT molecular complexity index is 336. The van der Waals surface area contributed by atoms with Crippen molar-refractivity contribution >= 4 is 0 Å². The van der Waals surface area contributed by atoms with E-state index in [9.17, 15) is 8.78 Å². The Balaban J connectivity index is 2.24. The molecule has 2 unspecified atom stereocenters. The molecule has 0 amide bonds. The second kappa shape index (κ2) is 3.65. The van der Waals surface area contributed by atoms with Crippen LogP contribution in [0.5, 0.6) is 0 Å². The van der Waals surface area contributed by atoms with Crippen molar-refractivity contribution in [1.82, 2.24) is 0 Å². The maximum Gasteiger partial charge on any atom is 0.129 e. The monoisotopic (exact) mass is 197 g/mol. The summed E-state index contributed by atoms with van der Waals surface area (Å²) in [5.74, 6) is -0.390. The highest BCUT2D eigenvalue weighted by Gasteiger charge is 2.32. The zero-order valence-corrected chi connectivity index (χ0v) is 7.84. The van der Waals surface area contributed by atoms with Crippen LogP contribution in [0.25, 0.3) is 0 Å². The van der Waals surface area contributed by atoms with Gasteiger partial charge in [0.15, 0.2) is 0 Å². The number of halogens is 2. The van der Waals surface area contributed by atoms with Gasteiger partial charge in [0.25, 0.3) is 0 Å². The summed E-state index contributed by atoms with van der Waals surface area (Å²) >= 11 is 0. The Morgan fingerprint density at radius 1 is 1.29 bits per heavy atom. The summed E-state index contributed by atoms with van der Waals surface area (Å²) in [6.07, 6.45) is 2.02. The van der Waals surface area contributed by atoms with E-state index in [1.54, 1.807) is 0 Å². The summed E-state index contributed by atoms with van der Waals surface area (Å²) in [6.45, 7) is 0.585. The summed E-state index contributed by atoms with van der Waals surface area (Å²) < 4.78 is 26.0. The fourth-order valence-electron chi connectivity index (χ4n) is 2.06. The second-order valence-corrected chi connectivity index (χ2v) is 3.85. The van der Waals surface area contributed by atoms with E-state index in [0.717, 1.165) is 18.9 Å². The average molecular weight is 197 g/mol. The van der Waals surface area contributed by atoms with Crippen molar-refractivity contribution in [3.63, 3.8) is 0 Å². The molecular formula is C11H13F2N. The molecule has 2 N–H and O–H groups in total. The molecule has 1 saturated carbocycles. The minimum atomic E-state index is -0.519. The number of hydrogen-bond acceptors (Lipinski definition) is 1. The Kier molecular flexibility index (Phi) is 2.50. The molecule has 1 aromatic rings. The van der Waals surface area contributed by atoms with Gasteiger partial charge in [0, 0.05) is 6.07 Å². The van der Waals surface area contributed by atoms with Crippen LogP contribution in [0, 0.1) is 17.6 Å². The van der Waals surface area contributed by atoms with Gasteiger partial charge in [-0.3, -0.25) is 0 Å². The Labute approximate surface area is 81.9 Å². The molecule has 14 heavy (non-hydrogen) atoms. The molecule has 1 aliphatic carbocycles. The van der Waals surface area contributed by atoms with Crippen molar-refractivity contribution in [3.05, 3.63) is 35.4 Å². The quantitative estimate of drug-likeness (QED) is 0.774. The van der Waals surface area contributed by atoms with E-state index in [1.165, 1.54) is 12.1 Å². The molecule has 0 bridgehead atoms. The predicted octanol–water partition coefficient (Wildman–Crippen LogP) is 2.42. The highest BCUT2D eigenvalue weighted by atomic mass is 19.1. The molecule has 2 rings (SSSR count). The van der Waals surface area contributed by atoms with Crippen LogP contribution < -0.4 is 5.73 Å². The highest BCUT2D eigenvalue weighted by Crippen LogP contribution is 2.42. The lowest BCUT2D eigenvalue weighted by atomic mass is 9.70. The molecule has 1 fully saturated rings. The summed E-state index contributed by atoms with van der Waals surface area (Å²) in [7, 11) is 0. The Morgan fingerprint density at radius 3 is 2.57 bits per heavy atom. The van der Waals surface area contributed by atoms with Gasteiger partial charge in [-0.2, -0.15) is 0 Å². The molecule has 3 heteroatoms. The van der Waals surface area contributed by atoms with Crippen LogP contribution >= 0.6 is 0 Å². The fourth-order valence-corrected chi connectivity index (χ4v) is 2.06. The minimum absolute atomic E-state index is 0.195. The lowest BCUT2D eigenvalue weighted by Crippen LogP contribution is -2.31. The van der Waals surface area contributed by atoms with Crippen molar-refractivity contribution in [2.45, 2.75) is 18.8 Å². The van der Waals surface area contributed by atoms with Gasteiger partial charge in [-0.25, -0.2) is 8.78 Å². The van der Waals surface area contributed by atoms with Crippen LogP contribution in [0.2, 0.25) is 0 Å².